The Hall–Kier alpha value is -3.79. The lowest BCUT2D eigenvalue weighted by Crippen LogP contribution is -2.61. The van der Waals surface area contributed by atoms with E-state index in [2.05, 4.69) is 4.98 Å². The predicted molar refractivity (Wildman–Crippen MR) is 117 cm³/mol. The zero-order chi connectivity index (χ0) is 23.9. The van der Waals surface area contributed by atoms with Crippen molar-refractivity contribution in [3.63, 3.8) is 0 Å². The molecule has 1 unspecified atom stereocenters. The molecule has 1 atom stereocenters. The summed E-state index contributed by atoms with van der Waals surface area (Å²) in [7, 11) is -4.76. The molecule has 0 saturated heterocycles. The van der Waals surface area contributed by atoms with Crippen molar-refractivity contribution in [3.05, 3.63) is 112 Å². The number of aromatic nitrogens is 1. The summed E-state index contributed by atoms with van der Waals surface area (Å²) in [6.45, 7) is 0. The summed E-state index contributed by atoms with van der Waals surface area (Å²) in [6, 6.07) is 26.1. The second-order valence-electron chi connectivity index (χ2n) is 7.72. The van der Waals surface area contributed by atoms with E-state index in [4.69, 9.17) is 4.29 Å². The van der Waals surface area contributed by atoms with Crippen LogP contribution in [0.3, 0.4) is 0 Å². The predicted octanol–water partition coefficient (Wildman–Crippen LogP) is 2.90. The fourth-order valence-electron chi connectivity index (χ4n) is 4.16. The highest BCUT2D eigenvalue weighted by molar-refractivity contribution is 6.11. The van der Waals surface area contributed by atoms with Crippen LogP contribution in [0.5, 0.6) is 0 Å². The van der Waals surface area contributed by atoms with Crippen molar-refractivity contribution >= 4 is 27.5 Å². The van der Waals surface area contributed by atoms with Gasteiger partial charge in [-0.3, -0.25) is 10.1 Å². The lowest BCUT2D eigenvalue weighted by molar-refractivity contribution is -1.92. The Balaban J connectivity index is 1.62. The molecule has 0 saturated carbocycles. The number of hydrogen-bond acceptors (Lipinski definition) is 6. The number of non-ortho nitro benzene ring substituents is 1. The van der Waals surface area contributed by atoms with Gasteiger partial charge in [0.1, 0.15) is 0 Å². The molecule has 0 aliphatic rings. The minimum absolute atomic E-state index is 0.163. The van der Waals surface area contributed by atoms with E-state index in [1.165, 1.54) is 24.3 Å². The Morgan fingerprint density at radius 2 is 1.50 bits per heavy atom. The summed E-state index contributed by atoms with van der Waals surface area (Å²) >= 11 is 0. The number of hydrogen-bond donors (Lipinski definition) is 1. The monoisotopic (exact) mass is 476 g/mol. The largest absolute Gasteiger partial charge is 0.354 e. The lowest BCUT2D eigenvalue weighted by atomic mass is 9.96. The van der Waals surface area contributed by atoms with Crippen LogP contribution >= 0.6 is 0 Å². The zero-order valence-electron chi connectivity index (χ0n) is 17.5. The lowest BCUT2D eigenvalue weighted by Gasteiger charge is -2.19. The second-order valence-corrected chi connectivity index (χ2v) is 8.65. The molecule has 1 heterocycles. The van der Waals surface area contributed by atoms with Gasteiger partial charge in [0.05, 0.1) is 25.0 Å². The third-order valence-corrected chi connectivity index (χ3v) is 6.04. The third-order valence-electron chi connectivity index (χ3n) is 5.65. The SMILES string of the molecule is O=[N+]([O-])c1ccc(C(O[Cl+3]([O-])([O-])[O-])c2cccc(-c3cccc4c3[nH]c3ccccc34)c2)cc1. The molecule has 1 N–H and O–H groups in total. The van der Waals surface area contributed by atoms with E-state index in [1.807, 2.05) is 48.5 Å². The van der Waals surface area contributed by atoms with Crippen molar-refractivity contribution < 1.29 is 33.4 Å². The highest BCUT2D eigenvalue weighted by Gasteiger charge is 2.32. The number of nitro groups is 1. The molecule has 0 aliphatic heterocycles. The number of rotatable bonds is 6. The molecule has 170 valence electrons. The maximum absolute atomic E-state index is 11.5. The number of nitro benzene ring substituents is 1. The number of H-pyrrole nitrogens is 1. The molecule has 0 amide bonds. The van der Waals surface area contributed by atoms with Gasteiger partial charge in [0.25, 0.3) is 11.8 Å². The van der Waals surface area contributed by atoms with Gasteiger partial charge in [-0.25, -0.2) is 0 Å². The average Bonchev–Trinajstić information content (AvgIpc) is 3.21. The van der Waals surface area contributed by atoms with E-state index >= 15 is 0 Å². The molecular weight excluding hydrogens is 460 g/mol. The van der Waals surface area contributed by atoms with Crippen LogP contribution in [-0.2, 0) is 4.29 Å². The van der Waals surface area contributed by atoms with Gasteiger partial charge in [-0.1, -0.05) is 54.6 Å². The maximum atomic E-state index is 11.5. The second kappa shape index (κ2) is 8.53. The van der Waals surface area contributed by atoms with Crippen LogP contribution in [0.25, 0.3) is 32.9 Å². The van der Waals surface area contributed by atoms with Crippen molar-refractivity contribution in [3.8, 4) is 11.1 Å². The van der Waals surface area contributed by atoms with Crippen molar-refractivity contribution in [2.24, 2.45) is 0 Å². The van der Waals surface area contributed by atoms with Gasteiger partial charge in [0.2, 0.25) is 0 Å². The first-order chi connectivity index (χ1) is 16.3. The van der Waals surface area contributed by atoms with Gasteiger partial charge in [-0.15, -0.1) is 0 Å². The maximum Gasteiger partial charge on any atom is 0.269 e. The van der Waals surface area contributed by atoms with Gasteiger partial charge in [0, 0.05) is 45.1 Å². The molecule has 0 bridgehead atoms. The number of nitrogens with one attached hydrogen (secondary N) is 1. The van der Waals surface area contributed by atoms with E-state index in [-0.39, 0.29) is 5.69 Å². The van der Waals surface area contributed by atoms with E-state index in [0.717, 1.165) is 32.9 Å². The Bertz CT molecular complexity index is 1510. The Labute approximate surface area is 195 Å². The van der Waals surface area contributed by atoms with Crippen LogP contribution in [0.4, 0.5) is 5.69 Å². The molecule has 0 aliphatic carbocycles. The summed E-state index contributed by atoms with van der Waals surface area (Å²) in [5.41, 5.74) is 4.12. The summed E-state index contributed by atoms with van der Waals surface area (Å²) in [6.07, 6.45) is -1.27. The van der Waals surface area contributed by atoms with Crippen LogP contribution in [0.15, 0.2) is 91.0 Å². The van der Waals surface area contributed by atoms with Crippen LogP contribution in [0.2, 0.25) is 0 Å². The topological polar surface area (TPSA) is 137 Å². The fourth-order valence-corrected chi connectivity index (χ4v) is 4.58. The summed E-state index contributed by atoms with van der Waals surface area (Å²) in [4.78, 5) is 13.9. The normalized spacial score (nSPS) is 12.8. The molecule has 4 aromatic carbocycles. The molecular formula is C25H17ClN2O6. The van der Waals surface area contributed by atoms with Crippen LogP contribution in [0, 0.1) is 20.4 Å². The van der Waals surface area contributed by atoms with Gasteiger partial charge in [0.15, 0.2) is 0 Å². The molecule has 0 spiro atoms. The highest BCUT2D eigenvalue weighted by Crippen LogP contribution is 2.36. The van der Waals surface area contributed by atoms with E-state index in [9.17, 15) is 24.1 Å². The fraction of sp³-hybridized carbons (Fsp3) is 0.0400. The molecule has 5 rings (SSSR count). The van der Waals surface area contributed by atoms with Gasteiger partial charge >= 0.3 is 0 Å². The first kappa shape index (κ1) is 22.0. The molecule has 5 aromatic rings. The van der Waals surface area contributed by atoms with Crippen molar-refractivity contribution in [1.29, 1.82) is 0 Å². The smallest absolute Gasteiger partial charge is 0.269 e. The minimum atomic E-state index is -4.76. The van der Waals surface area contributed by atoms with E-state index in [0.29, 0.717) is 11.1 Å². The van der Waals surface area contributed by atoms with E-state index in [1.54, 1.807) is 18.2 Å². The van der Waals surface area contributed by atoms with Crippen molar-refractivity contribution in [1.82, 2.24) is 4.98 Å². The Morgan fingerprint density at radius 3 is 2.24 bits per heavy atom. The molecule has 9 heteroatoms. The number of nitrogens with zero attached hydrogens (tertiary/aromatic N) is 1. The number of para-hydroxylation sites is 2. The standard InChI is InChI=1S/C25H17ClN2O6/c29-26(30,31)34-25(16-11-13-19(14-12-16)28(32)33)18-6-3-5-17(15-18)20-8-4-9-22-21-7-1-2-10-23(21)27-24(20)22/h1-15,25,27H. The summed E-state index contributed by atoms with van der Waals surface area (Å²) in [5, 5.41) is 13.1. The minimum Gasteiger partial charge on any atom is -0.354 e. The van der Waals surface area contributed by atoms with Gasteiger partial charge in [-0.2, -0.15) is 14.0 Å². The molecule has 0 radical (unpaired) electrons. The summed E-state index contributed by atoms with van der Waals surface area (Å²) in [5.74, 6) is 0. The van der Waals surface area contributed by atoms with Crippen LogP contribution in [0.1, 0.15) is 17.2 Å². The molecule has 8 nitrogen and oxygen atoms in total. The third kappa shape index (κ3) is 4.24. The number of halogens is 1. The Kier molecular flexibility index (Phi) is 5.52. The van der Waals surface area contributed by atoms with E-state index < -0.39 is 21.3 Å². The van der Waals surface area contributed by atoms with Crippen molar-refractivity contribution in [2.75, 3.05) is 0 Å². The number of fused-ring (bicyclic) bond motifs is 3. The zero-order valence-corrected chi connectivity index (χ0v) is 18.3. The quantitative estimate of drug-likeness (QED) is 0.295. The number of benzene rings is 4. The Morgan fingerprint density at radius 1 is 0.794 bits per heavy atom. The highest BCUT2D eigenvalue weighted by atomic mass is 35.7. The van der Waals surface area contributed by atoms with Crippen LogP contribution in [-0.4, -0.2) is 9.91 Å². The van der Waals surface area contributed by atoms with Crippen molar-refractivity contribution in [2.45, 2.75) is 6.10 Å². The molecule has 1 aromatic heterocycles. The van der Waals surface area contributed by atoms with Gasteiger partial charge < -0.3 is 4.98 Å². The number of aromatic amines is 1. The molecule has 34 heavy (non-hydrogen) atoms. The summed E-state index contributed by atoms with van der Waals surface area (Å²) < 4.78 is 39.3. The van der Waals surface area contributed by atoms with Crippen LogP contribution < -0.4 is 14.0 Å². The average molecular weight is 477 g/mol. The first-order valence-electron chi connectivity index (χ1n) is 10.2. The molecule has 0 fully saturated rings. The first-order valence-corrected chi connectivity index (χ1v) is 11.5. The van der Waals surface area contributed by atoms with Gasteiger partial charge in [-0.05, 0) is 29.8 Å².